The Hall–Kier alpha value is -3.04. The number of piperidine rings is 1. The average Bonchev–Trinajstić information content (AvgIpc) is 3.18. The van der Waals surface area contributed by atoms with Crippen molar-refractivity contribution in [2.24, 2.45) is 0 Å². The van der Waals surface area contributed by atoms with Gasteiger partial charge in [-0.2, -0.15) is 10.1 Å². The van der Waals surface area contributed by atoms with Gasteiger partial charge in [-0.15, -0.1) is 0 Å². The average molecular weight is 404 g/mol. The topological polar surface area (TPSA) is 76.3 Å². The van der Waals surface area contributed by atoms with Crippen molar-refractivity contribution in [3.05, 3.63) is 52.6 Å². The summed E-state index contributed by atoms with van der Waals surface area (Å²) in [6.45, 7) is 3.94. The van der Waals surface area contributed by atoms with Crippen molar-refractivity contribution in [3.8, 4) is 0 Å². The maximum absolute atomic E-state index is 14.5. The van der Waals surface area contributed by atoms with E-state index in [1.54, 1.807) is 11.8 Å². The molecule has 1 saturated heterocycles. The smallest absolute Gasteiger partial charge is 0.280 e. The number of likely N-dealkylation sites (tertiary alicyclic amines) is 1. The van der Waals surface area contributed by atoms with E-state index in [1.165, 1.54) is 29.9 Å². The van der Waals surface area contributed by atoms with E-state index in [0.29, 0.717) is 30.8 Å². The molecule has 0 N–H and O–H groups in total. The maximum atomic E-state index is 14.5. The van der Waals surface area contributed by atoms with Gasteiger partial charge in [-0.05, 0) is 38.8 Å². The molecule has 0 aliphatic carbocycles. The second-order valence-electron chi connectivity index (χ2n) is 7.18. The Morgan fingerprint density at radius 3 is 2.79 bits per heavy atom. The molecule has 4 heterocycles. The summed E-state index contributed by atoms with van der Waals surface area (Å²) in [5, 5.41) is 4.09. The monoisotopic (exact) mass is 404 g/mol. The lowest BCUT2D eigenvalue weighted by molar-refractivity contribution is 0.0699. The standard InChI is InChI=1S/C19H19F3N6O/c1-10-6-13(16(20)11(2)25-10)18(29)27-5-3-4-12(8-27)15-7-14(17(21)22)26-19-23-9-24-28(15)19/h6-7,9,12,17H,3-5,8H2,1-2H3/t12-/m0/s1. The van der Waals surface area contributed by atoms with Crippen LogP contribution in [-0.4, -0.2) is 48.5 Å². The summed E-state index contributed by atoms with van der Waals surface area (Å²) in [4.78, 5) is 26.3. The molecule has 1 aliphatic heterocycles. The molecule has 1 aliphatic rings. The molecular weight excluding hydrogens is 385 g/mol. The van der Waals surface area contributed by atoms with E-state index < -0.39 is 18.1 Å². The Balaban J connectivity index is 1.67. The maximum Gasteiger partial charge on any atom is 0.280 e. The minimum atomic E-state index is -2.74. The third kappa shape index (κ3) is 3.54. The largest absolute Gasteiger partial charge is 0.338 e. The zero-order valence-electron chi connectivity index (χ0n) is 15.9. The molecule has 3 aromatic rings. The van der Waals surface area contributed by atoms with Crippen LogP contribution in [0, 0.1) is 19.7 Å². The number of aryl methyl sites for hydroxylation is 2. The predicted molar refractivity (Wildman–Crippen MR) is 97.3 cm³/mol. The molecule has 3 aromatic heterocycles. The Bertz CT molecular complexity index is 1080. The second-order valence-corrected chi connectivity index (χ2v) is 7.18. The summed E-state index contributed by atoms with van der Waals surface area (Å²) >= 11 is 0. The molecular formula is C19H19F3N6O. The van der Waals surface area contributed by atoms with Crippen molar-refractivity contribution >= 4 is 11.7 Å². The van der Waals surface area contributed by atoms with Gasteiger partial charge >= 0.3 is 0 Å². The summed E-state index contributed by atoms with van der Waals surface area (Å²) in [5.41, 5.74) is 0.838. The molecule has 4 rings (SSSR count). The van der Waals surface area contributed by atoms with Crippen LogP contribution < -0.4 is 0 Å². The zero-order valence-corrected chi connectivity index (χ0v) is 15.9. The molecule has 0 saturated carbocycles. The number of carbonyl (C=O) groups excluding carboxylic acids is 1. The van der Waals surface area contributed by atoms with Gasteiger partial charge in [0.1, 0.15) is 12.0 Å². The number of nitrogens with zero attached hydrogens (tertiary/aromatic N) is 6. The fourth-order valence-corrected chi connectivity index (χ4v) is 3.80. The second kappa shape index (κ2) is 7.41. The third-order valence-electron chi connectivity index (χ3n) is 5.13. The first-order valence-electron chi connectivity index (χ1n) is 9.27. The highest BCUT2D eigenvalue weighted by Gasteiger charge is 2.30. The van der Waals surface area contributed by atoms with E-state index >= 15 is 0 Å². The highest BCUT2D eigenvalue weighted by molar-refractivity contribution is 5.94. The molecule has 29 heavy (non-hydrogen) atoms. The number of aromatic nitrogens is 5. The Morgan fingerprint density at radius 1 is 1.24 bits per heavy atom. The molecule has 1 amide bonds. The molecule has 0 aromatic carbocycles. The fourth-order valence-electron chi connectivity index (χ4n) is 3.80. The van der Waals surface area contributed by atoms with Crippen LogP contribution >= 0.6 is 0 Å². The van der Waals surface area contributed by atoms with Crippen molar-refractivity contribution in [2.75, 3.05) is 13.1 Å². The summed E-state index contributed by atoms with van der Waals surface area (Å²) in [7, 11) is 0. The van der Waals surface area contributed by atoms with Crippen LogP contribution in [0.1, 0.15) is 58.3 Å². The van der Waals surface area contributed by atoms with Crippen LogP contribution in [0.4, 0.5) is 13.2 Å². The number of amides is 1. The lowest BCUT2D eigenvalue weighted by Gasteiger charge is -2.33. The van der Waals surface area contributed by atoms with Gasteiger partial charge in [-0.3, -0.25) is 9.78 Å². The molecule has 0 spiro atoms. The lowest BCUT2D eigenvalue weighted by atomic mass is 9.93. The van der Waals surface area contributed by atoms with Crippen molar-refractivity contribution in [1.29, 1.82) is 0 Å². The number of hydrogen-bond acceptors (Lipinski definition) is 5. The number of alkyl halides is 2. The van der Waals surface area contributed by atoms with Gasteiger partial charge in [0.2, 0.25) is 0 Å². The van der Waals surface area contributed by atoms with E-state index in [4.69, 9.17) is 0 Å². The summed E-state index contributed by atoms with van der Waals surface area (Å²) < 4.78 is 42.4. The van der Waals surface area contributed by atoms with E-state index in [-0.39, 0.29) is 35.2 Å². The molecule has 7 nitrogen and oxygen atoms in total. The lowest BCUT2D eigenvalue weighted by Crippen LogP contribution is -2.40. The molecule has 0 radical (unpaired) electrons. The van der Waals surface area contributed by atoms with Crippen LogP contribution in [0.2, 0.25) is 0 Å². The predicted octanol–water partition coefficient (Wildman–Crippen LogP) is 3.23. The van der Waals surface area contributed by atoms with E-state index in [2.05, 4.69) is 20.1 Å². The van der Waals surface area contributed by atoms with Crippen molar-refractivity contribution in [2.45, 2.75) is 39.0 Å². The van der Waals surface area contributed by atoms with Crippen molar-refractivity contribution in [3.63, 3.8) is 0 Å². The van der Waals surface area contributed by atoms with Gasteiger partial charge in [0.15, 0.2) is 5.82 Å². The SMILES string of the molecule is Cc1cc(C(=O)N2CCC[C@H](c3cc(C(F)F)nc4ncnn34)C2)c(F)c(C)n1. The molecule has 152 valence electrons. The first-order chi connectivity index (χ1) is 13.8. The normalized spacial score (nSPS) is 17.3. The van der Waals surface area contributed by atoms with Crippen molar-refractivity contribution < 1.29 is 18.0 Å². The van der Waals surface area contributed by atoms with Gasteiger partial charge < -0.3 is 4.90 Å². The minimum absolute atomic E-state index is 0.0236. The third-order valence-corrected chi connectivity index (χ3v) is 5.13. The van der Waals surface area contributed by atoms with Gasteiger partial charge in [0, 0.05) is 24.7 Å². The Labute approximate surface area is 164 Å². The first kappa shape index (κ1) is 19.3. The van der Waals surface area contributed by atoms with Crippen LogP contribution in [-0.2, 0) is 0 Å². The number of rotatable bonds is 3. The fraction of sp³-hybridized carbons (Fsp3) is 0.421. The molecule has 0 bridgehead atoms. The quantitative estimate of drug-likeness (QED) is 0.670. The number of carbonyl (C=O) groups is 1. The van der Waals surface area contributed by atoms with Gasteiger partial charge in [0.25, 0.3) is 18.1 Å². The summed E-state index contributed by atoms with van der Waals surface area (Å²) in [5.74, 6) is -1.22. The summed E-state index contributed by atoms with van der Waals surface area (Å²) in [6.07, 6.45) is -0.148. The number of fused-ring (bicyclic) bond motifs is 1. The van der Waals surface area contributed by atoms with Crippen LogP contribution in [0.15, 0.2) is 18.5 Å². The Kier molecular flexibility index (Phi) is 4.93. The molecule has 1 fully saturated rings. The van der Waals surface area contributed by atoms with E-state index in [1.807, 2.05) is 0 Å². The number of pyridine rings is 1. The number of halogens is 3. The zero-order chi connectivity index (χ0) is 20.7. The van der Waals surface area contributed by atoms with Crippen LogP contribution in [0.3, 0.4) is 0 Å². The highest BCUT2D eigenvalue weighted by Crippen LogP contribution is 2.30. The van der Waals surface area contributed by atoms with Crippen LogP contribution in [0.5, 0.6) is 0 Å². The Morgan fingerprint density at radius 2 is 2.03 bits per heavy atom. The molecule has 1 atom stereocenters. The van der Waals surface area contributed by atoms with Gasteiger partial charge in [-0.25, -0.2) is 22.7 Å². The van der Waals surface area contributed by atoms with Gasteiger partial charge in [0.05, 0.1) is 17.0 Å². The first-order valence-corrected chi connectivity index (χ1v) is 9.27. The minimum Gasteiger partial charge on any atom is -0.338 e. The van der Waals surface area contributed by atoms with E-state index in [0.717, 1.165) is 0 Å². The highest BCUT2D eigenvalue weighted by atomic mass is 19.3. The molecule has 0 unspecified atom stereocenters. The van der Waals surface area contributed by atoms with Gasteiger partial charge in [-0.1, -0.05) is 0 Å². The van der Waals surface area contributed by atoms with E-state index in [9.17, 15) is 18.0 Å². The van der Waals surface area contributed by atoms with Crippen LogP contribution in [0.25, 0.3) is 5.78 Å². The molecule has 10 heteroatoms. The van der Waals surface area contributed by atoms with Crippen molar-refractivity contribution in [1.82, 2.24) is 29.5 Å². The summed E-state index contributed by atoms with van der Waals surface area (Å²) in [6, 6.07) is 2.75. The number of hydrogen-bond donors (Lipinski definition) is 0.